The van der Waals surface area contributed by atoms with Crippen molar-refractivity contribution in [2.75, 3.05) is 14.1 Å². The van der Waals surface area contributed by atoms with Gasteiger partial charge < -0.3 is 20.4 Å². The number of fused-ring (bicyclic) bond motifs is 1. The SMILES string of the molecule is CN(C)Cc1cccc(-c2nc3c(OC(N)=O)cccc3[nH]2)c1. The normalized spacial score (nSPS) is 11.1. The molecule has 0 radical (unpaired) electrons. The van der Waals surface area contributed by atoms with E-state index in [0.717, 1.165) is 23.4 Å². The number of carbonyl (C=O) groups excluding carboxylic acids is 1. The summed E-state index contributed by atoms with van der Waals surface area (Å²) in [7, 11) is 4.06. The van der Waals surface area contributed by atoms with Crippen molar-refractivity contribution in [2.24, 2.45) is 5.73 Å². The van der Waals surface area contributed by atoms with E-state index in [1.807, 2.05) is 32.3 Å². The number of carbonyl (C=O) groups is 1. The highest BCUT2D eigenvalue weighted by Gasteiger charge is 2.11. The zero-order valence-electron chi connectivity index (χ0n) is 13.0. The molecule has 0 atom stereocenters. The van der Waals surface area contributed by atoms with Gasteiger partial charge >= 0.3 is 6.09 Å². The van der Waals surface area contributed by atoms with Gasteiger partial charge in [0.1, 0.15) is 11.3 Å². The lowest BCUT2D eigenvalue weighted by Gasteiger charge is -2.10. The maximum atomic E-state index is 11.0. The van der Waals surface area contributed by atoms with Crippen LogP contribution in [0.4, 0.5) is 4.79 Å². The smallest absolute Gasteiger partial charge is 0.408 e. The van der Waals surface area contributed by atoms with Crippen LogP contribution in [0.15, 0.2) is 42.5 Å². The standard InChI is InChI=1S/C17H18N4O2/c1-21(2)10-11-5-3-6-12(9-11)16-19-13-7-4-8-14(15(13)20-16)23-17(18)22/h3-9H,10H2,1-2H3,(H2,18,22)(H,19,20). The van der Waals surface area contributed by atoms with Crippen molar-refractivity contribution < 1.29 is 9.53 Å². The number of hydrogen-bond donors (Lipinski definition) is 2. The first-order chi connectivity index (χ1) is 11.0. The van der Waals surface area contributed by atoms with Crippen molar-refractivity contribution in [3.63, 3.8) is 0 Å². The Hall–Kier alpha value is -2.86. The summed E-state index contributed by atoms with van der Waals surface area (Å²) in [6.07, 6.45) is -0.852. The summed E-state index contributed by atoms with van der Waals surface area (Å²) in [5.74, 6) is 1.07. The third kappa shape index (κ3) is 3.32. The van der Waals surface area contributed by atoms with Gasteiger partial charge in [-0.15, -0.1) is 0 Å². The number of ether oxygens (including phenoxy) is 1. The summed E-state index contributed by atoms with van der Waals surface area (Å²) in [6.45, 7) is 0.851. The van der Waals surface area contributed by atoms with Crippen LogP contribution in [0.2, 0.25) is 0 Å². The van der Waals surface area contributed by atoms with Crippen molar-refractivity contribution in [1.82, 2.24) is 14.9 Å². The molecule has 0 fully saturated rings. The quantitative estimate of drug-likeness (QED) is 0.776. The fourth-order valence-corrected chi connectivity index (χ4v) is 2.52. The summed E-state index contributed by atoms with van der Waals surface area (Å²) in [5.41, 5.74) is 8.64. The average molecular weight is 310 g/mol. The van der Waals surface area contributed by atoms with E-state index in [4.69, 9.17) is 10.5 Å². The number of nitrogens with two attached hydrogens (primary N) is 1. The van der Waals surface area contributed by atoms with Crippen LogP contribution in [0.3, 0.4) is 0 Å². The Labute approximate surface area is 133 Å². The zero-order valence-corrected chi connectivity index (χ0v) is 13.0. The summed E-state index contributed by atoms with van der Waals surface area (Å²) in [5, 5.41) is 0. The summed E-state index contributed by atoms with van der Waals surface area (Å²) in [6, 6.07) is 13.5. The second kappa shape index (κ2) is 6.10. The van der Waals surface area contributed by atoms with Crippen LogP contribution in [0.25, 0.3) is 22.4 Å². The molecule has 1 amide bonds. The van der Waals surface area contributed by atoms with Gasteiger partial charge in [-0.1, -0.05) is 24.3 Å². The molecule has 3 rings (SSSR count). The van der Waals surface area contributed by atoms with Gasteiger partial charge in [-0.05, 0) is 37.9 Å². The second-order valence-corrected chi connectivity index (χ2v) is 5.60. The molecule has 2 aromatic carbocycles. The number of nitrogens with one attached hydrogen (secondary N) is 1. The Morgan fingerprint density at radius 3 is 2.78 bits per heavy atom. The molecule has 6 nitrogen and oxygen atoms in total. The Bertz CT molecular complexity index is 855. The maximum absolute atomic E-state index is 11.0. The van der Waals surface area contributed by atoms with Gasteiger partial charge in [-0.25, -0.2) is 9.78 Å². The molecule has 0 spiro atoms. The van der Waals surface area contributed by atoms with E-state index in [-0.39, 0.29) is 0 Å². The zero-order chi connectivity index (χ0) is 16.4. The molecule has 1 aromatic heterocycles. The number of para-hydroxylation sites is 1. The molecule has 0 aliphatic heterocycles. The van der Waals surface area contributed by atoms with Gasteiger partial charge in [-0.2, -0.15) is 0 Å². The van der Waals surface area contributed by atoms with E-state index >= 15 is 0 Å². The lowest BCUT2D eigenvalue weighted by atomic mass is 10.1. The molecule has 0 saturated carbocycles. The molecule has 23 heavy (non-hydrogen) atoms. The van der Waals surface area contributed by atoms with Crippen molar-refractivity contribution >= 4 is 17.1 Å². The molecule has 1 heterocycles. The van der Waals surface area contributed by atoms with Crippen LogP contribution in [-0.2, 0) is 6.54 Å². The van der Waals surface area contributed by atoms with Crippen molar-refractivity contribution in [3.8, 4) is 17.1 Å². The Kier molecular flexibility index (Phi) is 3.99. The van der Waals surface area contributed by atoms with Crippen LogP contribution < -0.4 is 10.5 Å². The van der Waals surface area contributed by atoms with Gasteiger partial charge in [0.05, 0.1) is 5.52 Å². The highest BCUT2D eigenvalue weighted by Crippen LogP contribution is 2.27. The van der Waals surface area contributed by atoms with E-state index < -0.39 is 6.09 Å². The number of amides is 1. The predicted molar refractivity (Wildman–Crippen MR) is 89.1 cm³/mol. The molecule has 0 saturated heterocycles. The number of hydrogen-bond acceptors (Lipinski definition) is 4. The molecular formula is C17H18N4O2. The minimum absolute atomic E-state index is 0.349. The van der Waals surface area contributed by atoms with Gasteiger partial charge in [0, 0.05) is 12.1 Å². The molecular weight excluding hydrogens is 292 g/mol. The highest BCUT2D eigenvalue weighted by atomic mass is 16.5. The molecule has 0 aliphatic carbocycles. The number of primary amides is 1. The topological polar surface area (TPSA) is 84.2 Å². The van der Waals surface area contributed by atoms with Gasteiger partial charge in [-0.3, -0.25) is 0 Å². The third-order valence-corrected chi connectivity index (χ3v) is 3.39. The summed E-state index contributed by atoms with van der Waals surface area (Å²) < 4.78 is 5.00. The monoisotopic (exact) mass is 310 g/mol. The van der Waals surface area contributed by atoms with Crippen molar-refractivity contribution in [1.29, 1.82) is 0 Å². The molecule has 3 N–H and O–H groups in total. The average Bonchev–Trinajstić information content (AvgIpc) is 2.91. The number of H-pyrrole nitrogens is 1. The lowest BCUT2D eigenvalue weighted by molar-refractivity contribution is 0.211. The third-order valence-electron chi connectivity index (χ3n) is 3.39. The number of benzene rings is 2. The fraction of sp³-hybridized carbons (Fsp3) is 0.176. The molecule has 6 heteroatoms. The van der Waals surface area contributed by atoms with E-state index in [0.29, 0.717) is 11.3 Å². The largest absolute Gasteiger partial charge is 0.410 e. The minimum Gasteiger partial charge on any atom is -0.408 e. The fourth-order valence-electron chi connectivity index (χ4n) is 2.52. The molecule has 0 bridgehead atoms. The Balaban J connectivity index is 2.02. The Morgan fingerprint density at radius 1 is 1.26 bits per heavy atom. The molecule has 3 aromatic rings. The van der Waals surface area contributed by atoms with E-state index in [1.54, 1.807) is 12.1 Å². The predicted octanol–water partition coefficient (Wildman–Crippen LogP) is 2.75. The van der Waals surface area contributed by atoms with Crippen LogP contribution in [0.1, 0.15) is 5.56 Å². The number of rotatable bonds is 4. The maximum Gasteiger partial charge on any atom is 0.410 e. The van der Waals surface area contributed by atoms with Gasteiger partial charge in [0.2, 0.25) is 0 Å². The first-order valence-corrected chi connectivity index (χ1v) is 7.23. The second-order valence-electron chi connectivity index (χ2n) is 5.60. The first-order valence-electron chi connectivity index (χ1n) is 7.23. The van der Waals surface area contributed by atoms with Crippen molar-refractivity contribution in [3.05, 3.63) is 48.0 Å². The van der Waals surface area contributed by atoms with E-state index in [1.165, 1.54) is 5.56 Å². The molecule has 0 unspecified atom stereocenters. The number of imidazole rings is 1. The van der Waals surface area contributed by atoms with Crippen LogP contribution in [0, 0.1) is 0 Å². The van der Waals surface area contributed by atoms with E-state index in [9.17, 15) is 4.79 Å². The Morgan fingerprint density at radius 2 is 2.04 bits per heavy atom. The van der Waals surface area contributed by atoms with Crippen molar-refractivity contribution in [2.45, 2.75) is 6.54 Å². The lowest BCUT2D eigenvalue weighted by Crippen LogP contribution is -2.16. The number of nitrogens with zero attached hydrogens (tertiary/aromatic N) is 2. The molecule has 0 aliphatic rings. The molecule has 118 valence electrons. The summed E-state index contributed by atoms with van der Waals surface area (Å²) >= 11 is 0. The first kappa shape index (κ1) is 15.1. The summed E-state index contributed by atoms with van der Waals surface area (Å²) in [4.78, 5) is 20.9. The minimum atomic E-state index is -0.852. The van der Waals surface area contributed by atoms with Crippen LogP contribution >= 0.6 is 0 Å². The van der Waals surface area contributed by atoms with E-state index in [2.05, 4.69) is 27.0 Å². The number of aromatic amines is 1. The van der Waals surface area contributed by atoms with Gasteiger partial charge in [0.25, 0.3) is 0 Å². The van der Waals surface area contributed by atoms with Crippen LogP contribution in [0.5, 0.6) is 5.75 Å². The van der Waals surface area contributed by atoms with Crippen LogP contribution in [-0.4, -0.2) is 35.1 Å². The highest BCUT2D eigenvalue weighted by molar-refractivity contribution is 5.87. The number of aromatic nitrogens is 2. The van der Waals surface area contributed by atoms with Gasteiger partial charge in [0.15, 0.2) is 5.75 Å².